The van der Waals surface area contributed by atoms with Crippen LogP contribution in [-0.2, 0) is 20.9 Å². The zero-order valence-electron chi connectivity index (χ0n) is 11.5. The molecule has 0 radical (unpaired) electrons. The number of alkyl halides is 3. The Bertz CT molecular complexity index is 460. The zero-order chi connectivity index (χ0) is 15.9. The molecular formula is C12H16F3N3O3. The van der Waals surface area contributed by atoms with E-state index in [1.54, 1.807) is 17.0 Å². The Labute approximate surface area is 119 Å². The monoisotopic (exact) mass is 307 g/mol. The number of nitrogens with zero attached hydrogens (tertiary/aromatic N) is 3. The lowest BCUT2D eigenvalue weighted by molar-refractivity contribution is -0.185. The molecule has 9 heteroatoms. The lowest BCUT2D eigenvalue weighted by Gasteiger charge is -2.23. The molecule has 0 aliphatic rings. The lowest BCUT2D eigenvalue weighted by Crippen LogP contribution is -2.43. The van der Waals surface area contributed by atoms with Crippen molar-refractivity contribution in [3.63, 3.8) is 0 Å². The quantitative estimate of drug-likeness (QED) is 0.711. The summed E-state index contributed by atoms with van der Waals surface area (Å²) in [4.78, 5) is 26.7. The van der Waals surface area contributed by atoms with Gasteiger partial charge in [-0.05, 0) is 6.42 Å². The Morgan fingerprint density at radius 2 is 2.05 bits per heavy atom. The van der Waals surface area contributed by atoms with E-state index >= 15 is 0 Å². The molecule has 0 atom stereocenters. The summed E-state index contributed by atoms with van der Waals surface area (Å²) in [6.07, 6.45) is -0.154. The molecule has 0 aliphatic carbocycles. The molecule has 0 unspecified atom stereocenters. The predicted molar refractivity (Wildman–Crippen MR) is 66.1 cm³/mol. The first-order valence-corrected chi connectivity index (χ1v) is 6.23. The molecule has 0 spiro atoms. The van der Waals surface area contributed by atoms with E-state index in [0.29, 0.717) is 17.9 Å². The Hall–Kier alpha value is -2.06. The standard InChI is InChI=1S/C12H16F3N3O3/c1-21-10(19)3-7-18(11(20)12(13,14)15)6-2-5-17-8-4-16-9-17/h4,8-9H,2-3,5-7H2,1H3. The maximum Gasteiger partial charge on any atom is 0.471 e. The van der Waals surface area contributed by atoms with Gasteiger partial charge in [-0.15, -0.1) is 0 Å². The summed E-state index contributed by atoms with van der Waals surface area (Å²) in [5, 5.41) is 0. The number of halogens is 3. The van der Waals surface area contributed by atoms with E-state index in [4.69, 9.17) is 0 Å². The zero-order valence-corrected chi connectivity index (χ0v) is 11.5. The molecule has 21 heavy (non-hydrogen) atoms. The second kappa shape index (κ2) is 7.65. The Morgan fingerprint density at radius 1 is 1.33 bits per heavy atom. The Morgan fingerprint density at radius 3 is 2.57 bits per heavy atom. The van der Waals surface area contributed by atoms with Gasteiger partial charge in [-0.3, -0.25) is 9.59 Å². The largest absolute Gasteiger partial charge is 0.471 e. The molecule has 0 bridgehead atoms. The molecule has 1 amide bonds. The third kappa shape index (κ3) is 5.84. The fourth-order valence-corrected chi connectivity index (χ4v) is 1.69. The topological polar surface area (TPSA) is 64.4 Å². The van der Waals surface area contributed by atoms with Gasteiger partial charge in [0, 0.05) is 32.0 Å². The molecule has 0 aliphatic heterocycles. The summed E-state index contributed by atoms with van der Waals surface area (Å²) in [7, 11) is 1.14. The molecule has 118 valence electrons. The highest BCUT2D eigenvalue weighted by atomic mass is 19.4. The van der Waals surface area contributed by atoms with Gasteiger partial charge >= 0.3 is 18.1 Å². The van der Waals surface area contributed by atoms with Crippen molar-refractivity contribution in [2.24, 2.45) is 0 Å². The predicted octanol–water partition coefficient (Wildman–Crippen LogP) is 1.23. The molecule has 1 heterocycles. The molecular weight excluding hydrogens is 291 g/mol. The van der Waals surface area contributed by atoms with Crippen LogP contribution < -0.4 is 0 Å². The van der Waals surface area contributed by atoms with Crippen molar-refractivity contribution in [1.82, 2.24) is 14.5 Å². The number of hydrogen-bond donors (Lipinski definition) is 0. The number of aryl methyl sites for hydroxylation is 1. The number of methoxy groups -OCH3 is 1. The summed E-state index contributed by atoms with van der Waals surface area (Å²) in [5.74, 6) is -2.61. The van der Waals surface area contributed by atoms with E-state index in [-0.39, 0.29) is 19.5 Å². The highest BCUT2D eigenvalue weighted by Gasteiger charge is 2.42. The van der Waals surface area contributed by atoms with E-state index in [2.05, 4.69) is 9.72 Å². The first kappa shape index (κ1) is 17.0. The number of hydrogen-bond acceptors (Lipinski definition) is 4. The number of carbonyl (C=O) groups excluding carboxylic acids is 2. The van der Waals surface area contributed by atoms with Crippen LogP contribution in [0.2, 0.25) is 0 Å². The van der Waals surface area contributed by atoms with Crippen molar-refractivity contribution < 1.29 is 27.5 Å². The number of esters is 1. The van der Waals surface area contributed by atoms with Gasteiger partial charge in [0.1, 0.15) is 0 Å². The first-order chi connectivity index (χ1) is 9.84. The molecule has 1 rings (SSSR count). The van der Waals surface area contributed by atoms with E-state index < -0.39 is 18.1 Å². The van der Waals surface area contributed by atoms with Crippen LogP contribution in [0.5, 0.6) is 0 Å². The highest BCUT2D eigenvalue weighted by molar-refractivity contribution is 5.82. The van der Waals surface area contributed by atoms with Gasteiger partial charge in [0.2, 0.25) is 0 Å². The normalized spacial score (nSPS) is 11.2. The summed E-state index contributed by atoms with van der Waals surface area (Å²) < 4.78 is 43.5. The average Bonchev–Trinajstić information content (AvgIpc) is 2.93. The van der Waals surface area contributed by atoms with Crippen molar-refractivity contribution in [3.05, 3.63) is 18.7 Å². The van der Waals surface area contributed by atoms with Crippen LogP contribution in [0.3, 0.4) is 0 Å². The minimum absolute atomic E-state index is 0.104. The van der Waals surface area contributed by atoms with E-state index in [0.717, 1.165) is 7.11 Å². The number of aromatic nitrogens is 2. The SMILES string of the molecule is COC(=O)CCN(CCCn1ccnc1)C(=O)C(F)(F)F. The molecule has 0 N–H and O–H groups in total. The molecule has 1 aromatic heterocycles. The molecule has 0 saturated carbocycles. The summed E-state index contributed by atoms with van der Waals surface area (Å²) >= 11 is 0. The molecule has 6 nitrogen and oxygen atoms in total. The number of amides is 1. The first-order valence-electron chi connectivity index (χ1n) is 6.23. The number of carbonyl (C=O) groups is 2. The fraction of sp³-hybridized carbons (Fsp3) is 0.583. The minimum atomic E-state index is -4.95. The van der Waals surface area contributed by atoms with Gasteiger partial charge in [0.05, 0.1) is 19.9 Å². The van der Waals surface area contributed by atoms with Crippen LogP contribution in [-0.4, -0.2) is 52.7 Å². The van der Waals surface area contributed by atoms with Crippen LogP contribution in [0.4, 0.5) is 13.2 Å². The van der Waals surface area contributed by atoms with Crippen LogP contribution in [0, 0.1) is 0 Å². The Kier molecular flexibility index (Phi) is 6.19. The van der Waals surface area contributed by atoms with Crippen molar-refractivity contribution >= 4 is 11.9 Å². The van der Waals surface area contributed by atoms with Crippen LogP contribution in [0.1, 0.15) is 12.8 Å². The second-order valence-electron chi connectivity index (χ2n) is 4.27. The highest BCUT2D eigenvalue weighted by Crippen LogP contribution is 2.19. The maximum atomic E-state index is 12.5. The van der Waals surface area contributed by atoms with Gasteiger partial charge in [-0.2, -0.15) is 13.2 Å². The van der Waals surface area contributed by atoms with Crippen molar-refractivity contribution in [2.75, 3.05) is 20.2 Å². The van der Waals surface area contributed by atoms with Crippen molar-refractivity contribution in [3.8, 4) is 0 Å². The third-order valence-corrected chi connectivity index (χ3v) is 2.75. The molecule has 1 aromatic rings. The number of rotatable bonds is 7. The van der Waals surface area contributed by atoms with Crippen molar-refractivity contribution in [1.29, 1.82) is 0 Å². The summed E-state index contributed by atoms with van der Waals surface area (Å²) in [6, 6.07) is 0. The van der Waals surface area contributed by atoms with Gasteiger partial charge in [0.25, 0.3) is 0 Å². The number of ether oxygens (including phenoxy) is 1. The number of imidazole rings is 1. The maximum absolute atomic E-state index is 12.5. The summed E-state index contributed by atoms with van der Waals surface area (Å²) in [6.45, 7) is 0.00231. The smallest absolute Gasteiger partial charge is 0.469 e. The third-order valence-electron chi connectivity index (χ3n) is 2.75. The fourth-order valence-electron chi connectivity index (χ4n) is 1.69. The molecule has 0 saturated heterocycles. The van der Waals surface area contributed by atoms with Gasteiger partial charge in [-0.1, -0.05) is 0 Å². The van der Waals surface area contributed by atoms with E-state index in [1.165, 1.54) is 6.33 Å². The molecule has 0 aromatic carbocycles. The summed E-state index contributed by atoms with van der Waals surface area (Å²) in [5.41, 5.74) is 0. The lowest BCUT2D eigenvalue weighted by atomic mass is 10.3. The second-order valence-corrected chi connectivity index (χ2v) is 4.27. The Balaban J connectivity index is 2.54. The van der Waals surface area contributed by atoms with E-state index in [1.807, 2.05) is 0 Å². The van der Waals surface area contributed by atoms with Gasteiger partial charge < -0.3 is 14.2 Å². The minimum Gasteiger partial charge on any atom is -0.469 e. The van der Waals surface area contributed by atoms with Crippen molar-refractivity contribution in [2.45, 2.75) is 25.6 Å². The van der Waals surface area contributed by atoms with Crippen LogP contribution in [0.25, 0.3) is 0 Å². The van der Waals surface area contributed by atoms with Crippen LogP contribution >= 0.6 is 0 Å². The average molecular weight is 307 g/mol. The van der Waals surface area contributed by atoms with E-state index in [9.17, 15) is 22.8 Å². The van der Waals surface area contributed by atoms with Gasteiger partial charge in [0.15, 0.2) is 0 Å². The van der Waals surface area contributed by atoms with Gasteiger partial charge in [-0.25, -0.2) is 4.98 Å². The van der Waals surface area contributed by atoms with Crippen LogP contribution in [0.15, 0.2) is 18.7 Å². The molecule has 0 fully saturated rings.